The first-order chi connectivity index (χ1) is 8.74. The molecule has 104 valence electrons. The van der Waals surface area contributed by atoms with E-state index in [0.717, 1.165) is 0 Å². The number of amides is 1. The zero-order chi connectivity index (χ0) is 14.6. The van der Waals surface area contributed by atoms with Crippen molar-refractivity contribution in [1.82, 2.24) is 4.98 Å². The highest BCUT2D eigenvalue weighted by Gasteiger charge is 2.21. The van der Waals surface area contributed by atoms with Crippen LogP contribution >= 0.6 is 0 Å². The summed E-state index contributed by atoms with van der Waals surface area (Å²) in [6.07, 6.45) is 0.893. The minimum Gasteiger partial charge on any atom is -0.465 e. The van der Waals surface area contributed by atoms with Crippen molar-refractivity contribution in [2.45, 2.75) is 26.4 Å². The predicted molar refractivity (Wildman–Crippen MR) is 70.2 cm³/mol. The predicted octanol–water partition coefficient (Wildman–Crippen LogP) is 2.24. The SMILES string of the molecule is COC(=O)c1ccnc(N(C)C(=O)OC(C)(C)C)c1. The second kappa shape index (κ2) is 5.69. The largest absolute Gasteiger partial charge is 0.465 e. The lowest BCUT2D eigenvalue weighted by Gasteiger charge is -2.24. The van der Waals surface area contributed by atoms with Gasteiger partial charge in [0.25, 0.3) is 0 Å². The molecule has 0 spiro atoms. The number of carbonyl (C=O) groups excluding carboxylic acids is 2. The van der Waals surface area contributed by atoms with Crippen molar-refractivity contribution in [3.8, 4) is 0 Å². The van der Waals surface area contributed by atoms with E-state index in [-0.39, 0.29) is 0 Å². The Morgan fingerprint density at radius 2 is 1.95 bits per heavy atom. The molecule has 6 nitrogen and oxygen atoms in total. The van der Waals surface area contributed by atoms with Gasteiger partial charge in [0.1, 0.15) is 11.4 Å². The Kier molecular flexibility index (Phi) is 4.47. The van der Waals surface area contributed by atoms with E-state index >= 15 is 0 Å². The number of hydrogen-bond acceptors (Lipinski definition) is 5. The number of aromatic nitrogens is 1. The van der Waals surface area contributed by atoms with Gasteiger partial charge in [0.15, 0.2) is 0 Å². The summed E-state index contributed by atoms with van der Waals surface area (Å²) in [6, 6.07) is 2.98. The molecular formula is C13H18N2O4. The lowest BCUT2D eigenvalue weighted by Crippen LogP contribution is -2.34. The average Bonchev–Trinajstić information content (AvgIpc) is 2.35. The summed E-state index contributed by atoms with van der Waals surface area (Å²) in [5.74, 6) is -0.168. The van der Waals surface area contributed by atoms with E-state index in [4.69, 9.17) is 4.74 Å². The maximum absolute atomic E-state index is 11.9. The molecule has 0 atom stereocenters. The van der Waals surface area contributed by atoms with E-state index in [1.807, 2.05) is 0 Å². The molecule has 0 aliphatic rings. The summed E-state index contributed by atoms with van der Waals surface area (Å²) in [5.41, 5.74) is -0.270. The zero-order valence-electron chi connectivity index (χ0n) is 11.8. The number of ether oxygens (including phenoxy) is 2. The maximum atomic E-state index is 11.9. The topological polar surface area (TPSA) is 68.7 Å². The lowest BCUT2D eigenvalue weighted by molar-refractivity contribution is 0.0578. The fourth-order valence-electron chi connectivity index (χ4n) is 1.27. The van der Waals surface area contributed by atoms with Gasteiger partial charge < -0.3 is 9.47 Å². The molecule has 6 heteroatoms. The van der Waals surface area contributed by atoms with Crippen LogP contribution in [0.25, 0.3) is 0 Å². The molecule has 0 saturated heterocycles. The van der Waals surface area contributed by atoms with Crippen LogP contribution in [0, 0.1) is 0 Å². The Hall–Kier alpha value is -2.11. The van der Waals surface area contributed by atoms with Crippen molar-refractivity contribution in [1.29, 1.82) is 0 Å². The number of anilines is 1. The second-order valence-electron chi connectivity index (χ2n) is 4.93. The third kappa shape index (κ3) is 4.24. The lowest BCUT2D eigenvalue weighted by atomic mass is 10.2. The third-order valence-corrected chi connectivity index (χ3v) is 2.18. The van der Waals surface area contributed by atoms with Crippen molar-refractivity contribution in [3.63, 3.8) is 0 Å². The van der Waals surface area contributed by atoms with E-state index in [9.17, 15) is 9.59 Å². The first-order valence-corrected chi connectivity index (χ1v) is 5.75. The number of nitrogens with zero attached hydrogens (tertiary/aromatic N) is 2. The van der Waals surface area contributed by atoms with Gasteiger partial charge in [-0.15, -0.1) is 0 Å². The minimum absolute atomic E-state index is 0.317. The Morgan fingerprint density at radius 1 is 1.32 bits per heavy atom. The summed E-state index contributed by atoms with van der Waals surface area (Å²) < 4.78 is 9.82. The van der Waals surface area contributed by atoms with Gasteiger partial charge >= 0.3 is 12.1 Å². The molecule has 1 amide bonds. The van der Waals surface area contributed by atoms with E-state index in [1.54, 1.807) is 20.8 Å². The van der Waals surface area contributed by atoms with E-state index < -0.39 is 17.7 Å². The molecule has 0 fully saturated rings. The van der Waals surface area contributed by atoms with Gasteiger partial charge in [0.05, 0.1) is 12.7 Å². The van der Waals surface area contributed by atoms with E-state index in [2.05, 4.69) is 9.72 Å². The molecular weight excluding hydrogens is 248 g/mol. The summed E-state index contributed by atoms with van der Waals surface area (Å²) in [7, 11) is 2.82. The van der Waals surface area contributed by atoms with Crippen LogP contribution in [0.15, 0.2) is 18.3 Å². The van der Waals surface area contributed by atoms with Crippen molar-refractivity contribution in [2.24, 2.45) is 0 Å². The van der Waals surface area contributed by atoms with Gasteiger partial charge in [-0.2, -0.15) is 0 Å². The summed E-state index contributed by atoms with van der Waals surface area (Å²) in [4.78, 5) is 28.5. The monoisotopic (exact) mass is 266 g/mol. The standard InChI is InChI=1S/C13H18N2O4/c1-13(2,3)19-12(17)15(4)10-8-9(6-7-14-10)11(16)18-5/h6-8H,1-5H3. The quantitative estimate of drug-likeness (QED) is 0.768. The highest BCUT2D eigenvalue weighted by atomic mass is 16.6. The number of hydrogen-bond donors (Lipinski definition) is 0. The van der Waals surface area contributed by atoms with Crippen molar-refractivity contribution >= 4 is 17.9 Å². The first kappa shape index (κ1) is 14.9. The van der Waals surface area contributed by atoms with Gasteiger partial charge in [-0.25, -0.2) is 14.6 Å². The van der Waals surface area contributed by atoms with Crippen LogP contribution in [0.5, 0.6) is 0 Å². The van der Waals surface area contributed by atoms with Crippen LogP contribution in [0.4, 0.5) is 10.6 Å². The second-order valence-corrected chi connectivity index (χ2v) is 4.93. The van der Waals surface area contributed by atoms with Gasteiger partial charge in [0.2, 0.25) is 0 Å². The van der Waals surface area contributed by atoms with Gasteiger partial charge in [-0.1, -0.05) is 0 Å². The smallest absolute Gasteiger partial charge is 0.415 e. The minimum atomic E-state index is -0.592. The average molecular weight is 266 g/mol. The molecule has 0 N–H and O–H groups in total. The Labute approximate surface area is 112 Å². The highest BCUT2D eigenvalue weighted by Crippen LogP contribution is 2.16. The molecule has 0 saturated carbocycles. The van der Waals surface area contributed by atoms with Crippen LogP contribution in [-0.4, -0.2) is 36.8 Å². The normalized spacial score (nSPS) is 10.8. The molecule has 1 aromatic rings. The molecule has 0 radical (unpaired) electrons. The molecule has 1 heterocycles. The van der Waals surface area contributed by atoms with Gasteiger partial charge in [0, 0.05) is 13.2 Å². The molecule has 0 bridgehead atoms. The Morgan fingerprint density at radius 3 is 2.47 bits per heavy atom. The summed E-state index contributed by atoms with van der Waals surface area (Å²) in [5, 5.41) is 0. The number of methoxy groups -OCH3 is 1. The van der Waals surface area contributed by atoms with E-state index in [0.29, 0.717) is 11.4 Å². The fraction of sp³-hybridized carbons (Fsp3) is 0.462. The molecule has 1 aromatic heterocycles. The highest BCUT2D eigenvalue weighted by molar-refractivity contribution is 5.92. The molecule has 1 rings (SSSR count). The molecule has 0 aliphatic heterocycles. The molecule has 0 unspecified atom stereocenters. The Balaban J connectivity index is 2.91. The molecule has 0 aromatic carbocycles. The van der Waals surface area contributed by atoms with Crippen LogP contribution < -0.4 is 4.90 Å². The summed E-state index contributed by atoms with van der Waals surface area (Å²) in [6.45, 7) is 5.32. The number of rotatable bonds is 2. The van der Waals surface area contributed by atoms with Crippen molar-refractivity contribution < 1.29 is 19.1 Å². The maximum Gasteiger partial charge on any atom is 0.415 e. The van der Waals surface area contributed by atoms with Gasteiger partial charge in [-0.05, 0) is 32.9 Å². The first-order valence-electron chi connectivity index (χ1n) is 5.75. The van der Waals surface area contributed by atoms with Crippen molar-refractivity contribution in [3.05, 3.63) is 23.9 Å². The van der Waals surface area contributed by atoms with Crippen LogP contribution in [0.2, 0.25) is 0 Å². The number of pyridine rings is 1. The Bertz CT molecular complexity index is 480. The third-order valence-electron chi connectivity index (χ3n) is 2.18. The fourth-order valence-corrected chi connectivity index (χ4v) is 1.27. The van der Waals surface area contributed by atoms with Crippen molar-refractivity contribution in [2.75, 3.05) is 19.1 Å². The zero-order valence-corrected chi connectivity index (χ0v) is 11.8. The molecule has 0 aliphatic carbocycles. The van der Waals surface area contributed by atoms with Crippen LogP contribution in [0.1, 0.15) is 31.1 Å². The van der Waals surface area contributed by atoms with Gasteiger partial charge in [-0.3, -0.25) is 4.90 Å². The molecule has 19 heavy (non-hydrogen) atoms. The number of carbonyl (C=O) groups is 2. The number of esters is 1. The summed E-state index contributed by atoms with van der Waals surface area (Å²) >= 11 is 0. The van der Waals surface area contributed by atoms with Crippen LogP contribution in [-0.2, 0) is 9.47 Å². The van der Waals surface area contributed by atoms with Crippen LogP contribution in [0.3, 0.4) is 0 Å². The van der Waals surface area contributed by atoms with E-state index in [1.165, 1.54) is 37.4 Å².